The fraction of sp³-hybridized carbons (Fsp3) is 0.696. The van der Waals surface area contributed by atoms with E-state index in [0.717, 1.165) is 18.4 Å². The fourth-order valence-electron chi connectivity index (χ4n) is 5.38. The Bertz CT molecular complexity index is 745. The highest BCUT2D eigenvalue weighted by atomic mass is 16.6. The lowest BCUT2D eigenvalue weighted by atomic mass is 9.64. The van der Waals surface area contributed by atoms with E-state index in [4.69, 9.17) is 9.47 Å². The Hall–Kier alpha value is -1.39. The van der Waals surface area contributed by atoms with Gasteiger partial charge in [-0.1, -0.05) is 38.5 Å². The van der Waals surface area contributed by atoms with Crippen LogP contribution in [-0.2, 0) is 14.3 Å². The van der Waals surface area contributed by atoms with Crippen LogP contribution in [0.1, 0.15) is 52.9 Å². The van der Waals surface area contributed by atoms with Crippen molar-refractivity contribution in [2.45, 2.75) is 64.6 Å². The fourth-order valence-corrected chi connectivity index (χ4v) is 5.38. The molecule has 148 valence electrons. The molecule has 0 aromatic heterocycles. The van der Waals surface area contributed by atoms with Crippen molar-refractivity contribution < 1.29 is 14.3 Å². The number of epoxide rings is 1. The Morgan fingerprint density at radius 1 is 1.30 bits per heavy atom. The number of fused-ring (bicyclic) bond motifs is 2. The summed E-state index contributed by atoms with van der Waals surface area (Å²) < 4.78 is 11.8. The van der Waals surface area contributed by atoms with Crippen molar-refractivity contribution in [2.24, 2.45) is 11.3 Å². The molecule has 0 aromatic carbocycles. The normalized spacial score (nSPS) is 34.6. The monoisotopic (exact) mass is 371 g/mol. The smallest absolute Gasteiger partial charge is 0.320 e. The number of rotatable bonds is 5. The van der Waals surface area contributed by atoms with Gasteiger partial charge in [0.15, 0.2) is 0 Å². The van der Waals surface area contributed by atoms with E-state index >= 15 is 0 Å². The quantitative estimate of drug-likeness (QED) is 0.540. The zero-order valence-corrected chi connectivity index (χ0v) is 17.4. The van der Waals surface area contributed by atoms with Gasteiger partial charge < -0.3 is 9.47 Å². The second kappa shape index (κ2) is 6.59. The second-order valence-electron chi connectivity index (χ2n) is 9.62. The molecule has 0 bridgehead atoms. The first kappa shape index (κ1) is 18.9. The molecule has 4 aliphatic rings. The summed E-state index contributed by atoms with van der Waals surface area (Å²) in [4.78, 5) is 13.7. The summed E-state index contributed by atoms with van der Waals surface area (Å²) in [6.07, 6.45) is 10.4. The molecule has 0 amide bonds. The van der Waals surface area contributed by atoms with Crippen molar-refractivity contribution in [2.75, 3.05) is 27.2 Å². The van der Waals surface area contributed by atoms with Gasteiger partial charge in [-0.2, -0.15) is 0 Å². The average Bonchev–Trinajstić information content (AvgIpc) is 3.17. The van der Waals surface area contributed by atoms with Crippen molar-refractivity contribution in [1.82, 2.24) is 4.90 Å². The number of hydrogen-bond acceptors (Lipinski definition) is 4. The Balaban J connectivity index is 1.59. The van der Waals surface area contributed by atoms with Crippen molar-refractivity contribution in [1.29, 1.82) is 0 Å². The van der Waals surface area contributed by atoms with E-state index < -0.39 is 0 Å². The Morgan fingerprint density at radius 3 is 2.78 bits per heavy atom. The minimum Gasteiger partial charge on any atom is -0.460 e. The van der Waals surface area contributed by atoms with Crippen LogP contribution in [0.15, 0.2) is 34.4 Å². The van der Waals surface area contributed by atoms with Gasteiger partial charge in [-0.3, -0.25) is 9.69 Å². The number of carbonyl (C=O) groups excluding carboxylic acids is 1. The van der Waals surface area contributed by atoms with E-state index in [1.54, 1.807) is 11.1 Å². The molecule has 1 aliphatic heterocycles. The molecule has 3 aliphatic carbocycles. The molecule has 0 N–H and O–H groups in total. The van der Waals surface area contributed by atoms with Crippen LogP contribution in [-0.4, -0.2) is 49.8 Å². The maximum atomic E-state index is 11.9. The highest BCUT2D eigenvalue weighted by molar-refractivity contribution is 5.71. The summed E-state index contributed by atoms with van der Waals surface area (Å²) >= 11 is 0. The van der Waals surface area contributed by atoms with Crippen LogP contribution in [0.25, 0.3) is 0 Å². The highest BCUT2D eigenvalue weighted by Crippen LogP contribution is 2.65. The number of esters is 1. The van der Waals surface area contributed by atoms with E-state index in [2.05, 4.69) is 32.9 Å². The van der Waals surface area contributed by atoms with Crippen molar-refractivity contribution in [3.8, 4) is 0 Å². The maximum Gasteiger partial charge on any atom is 0.320 e. The van der Waals surface area contributed by atoms with Crippen LogP contribution in [0.3, 0.4) is 0 Å². The van der Waals surface area contributed by atoms with E-state index in [1.807, 2.05) is 19.0 Å². The first-order valence-corrected chi connectivity index (χ1v) is 10.4. The molecule has 1 saturated carbocycles. The van der Waals surface area contributed by atoms with Gasteiger partial charge in [0.2, 0.25) is 0 Å². The summed E-state index contributed by atoms with van der Waals surface area (Å²) in [6.45, 7) is 7.79. The molecule has 4 rings (SSSR count). The lowest BCUT2D eigenvalue weighted by molar-refractivity contribution is -0.143. The molecule has 4 heteroatoms. The predicted molar refractivity (Wildman–Crippen MR) is 106 cm³/mol. The average molecular weight is 372 g/mol. The van der Waals surface area contributed by atoms with E-state index in [0.29, 0.717) is 24.5 Å². The number of likely N-dealkylation sites (N-methyl/N-ethyl adjacent to an activating group) is 1. The molecule has 3 atom stereocenters. The van der Waals surface area contributed by atoms with Crippen LogP contribution >= 0.6 is 0 Å². The van der Waals surface area contributed by atoms with Gasteiger partial charge in [0.25, 0.3) is 0 Å². The first-order valence-electron chi connectivity index (χ1n) is 10.4. The van der Waals surface area contributed by atoms with Crippen LogP contribution in [0, 0.1) is 11.3 Å². The van der Waals surface area contributed by atoms with Crippen LogP contribution < -0.4 is 0 Å². The van der Waals surface area contributed by atoms with E-state index in [1.165, 1.54) is 24.8 Å². The Kier molecular flexibility index (Phi) is 4.63. The van der Waals surface area contributed by atoms with Crippen LogP contribution in [0.4, 0.5) is 0 Å². The summed E-state index contributed by atoms with van der Waals surface area (Å²) in [5.74, 6) is 0.420. The molecule has 1 heterocycles. The number of hydrogen-bond donors (Lipinski definition) is 0. The number of ether oxygens (including phenoxy) is 2. The molecule has 1 spiro atoms. The highest BCUT2D eigenvalue weighted by Gasteiger charge is 2.64. The minimum atomic E-state index is -0.171. The number of nitrogens with zero attached hydrogens (tertiary/aromatic N) is 1. The van der Waals surface area contributed by atoms with Gasteiger partial charge in [-0.15, -0.1) is 0 Å². The Labute approximate surface area is 163 Å². The minimum absolute atomic E-state index is 0.0782. The molecule has 2 fully saturated rings. The third kappa shape index (κ3) is 3.21. The summed E-state index contributed by atoms with van der Waals surface area (Å²) in [6, 6.07) is 0. The van der Waals surface area contributed by atoms with Crippen molar-refractivity contribution >= 4 is 5.97 Å². The topological polar surface area (TPSA) is 42.1 Å². The third-order valence-corrected chi connectivity index (χ3v) is 6.95. The van der Waals surface area contributed by atoms with Gasteiger partial charge in [0.05, 0.1) is 12.6 Å². The maximum absolute atomic E-state index is 11.9. The predicted octanol–water partition coefficient (Wildman–Crippen LogP) is 4.03. The van der Waals surface area contributed by atoms with Crippen molar-refractivity contribution in [3.63, 3.8) is 0 Å². The molecule has 1 saturated heterocycles. The zero-order chi connectivity index (χ0) is 19.4. The summed E-state index contributed by atoms with van der Waals surface area (Å²) in [7, 11) is 3.75. The second-order valence-corrected chi connectivity index (χ2v) is 9.62. The molecule has 0 aromatic rings. The standard InChI is InChI=1S/C23H33NO3/c1-15(2)17-8-9-22(3)10-11-23-18(21(17)22)7-6-16(12-19(23)27-23)14-26-20(25)13-24(4)5/h6-7,15,19H,8-14H2,1-5H3/t19-,22+,23-/m0/s1. The van der Waals surface area contributed by atoms with Gasteiger partial charge >= 0.3 is 5.97 Å². The van der Waals surface area contributed by atoms with E-state index in [9.17, 15) is 4.79 Å². The molecule has 0 unspecified atom stereocenters. The lowest BCUT2D eigenvalue weighted by Crippen LogP contribution is -2.34. The number of carbonyl (C=O) groups is 1. The summed E-state index contributed by atoms with van der Waals surface area (Å²) in [5, 5.41) is 0. The lowest BCUT2D eigenvalue weighted by Gasteiger charge is -2.39. The molecule has 4 nitrogen and oxygen atoms in total. The summed E-state index contributed by atoms with van der Waals surface area (Å²) in [5.41, 5.74) is 6.04. The third-order valence-electron chi connectivity index (χ3n) is 6.95. The molecular weight excluding hydrogens is 338 g/mol. The molecule has 27 heavy (non-hydrogen) atoms. The zero-order valence-electron chi connectivity index (χ0n) is 17.4. The van der Waals surface area contributed by atoms with Gasteiger partial charge in [-0.25, -0.2) is 0 Å². The molecule has 0 radical (unpaired) electrons. The SMILES string of the molecule is CC(C)C1=C2C3=CC=C(COC(=O)CN(C)C)C[C@@H]4O[C@@]34CC[C@@]2(C)CC1. The first-order chi connectivity index (χ1) is 12.7. The molecular formula is C23H33NO3. The van der Waals surface area contributed by atoms with Crippen LogP contribution in [0.5, 0.6) is 0 Å². The Morgan fingerprint density at radius 2 is 2.07 bits per heavy atom. The van der Waals surface area contributed by atoms with E-state index in [-0.39, 0.29) is 17.7 Å². The largest absolute Gasteiger partial charge is 0.460 e. The number of allylic oxidation sites excluding steroid dienone is 3. The van der Waals surface area contributed by atoms with Gasteiger partial charge in [-0.05, 0) is 67.8 Å². The van der Waals surface area contributed by atoms with Crippen molar-refractivity contribution in [3.05, 3.63) is 34.4 Å². The van der Waals surface area contributed by atoms with Gasteiger partial charge in [0.1, 0.15) is 12.2 Å². The van der Waals surface area contributed by atoms with Gasteiger partial charge in [0, 0.05) is 6.42 Å². The van der Waals surface area contributed by atoms with Crippen LogP contribution in [0.2, 0.25) is 0 Å².